The second-order valence-electron chi connectivity index (χ2n) is 6.35. The molecule has 0 bridgehead atoms. The number of nitrogens with zero attached hydrogens (tertiary/aromatic N) is 1. The molecule has 0 heterocycles. The monoisotopic (exact) mass is 290 g/mol. The number of anilines is 1. The Balaban J connectivity index is 3.17. The van der Waals surface area contributed by atoms with Crippen LogP contribution in [-0.4, -0.2) is 19.1 Å². The summed E-state index contributed by atoms with van der Waals surface area (Å²) >= 11 is 0. The van der Waals surface area contributed by atoms with Gasteiger partial charge in [0.1, 0.15) is 0 Å². The van der Waals surface area contributed by atoms with Crippen LogP contribution < -0.4 is 10.2 Å². The first-order chi connectivity index (χ1) is 10.0. The highest BCUT2D eigenvalue weighted by Gasteiger charge is 2.21. The van der Waals surface area contributed by atoms with Crippen LogP contribution in [0.1, 0.15) is 66.0 Å². The van der Waals surface area contributed by atoms with Crippen LogP contribution in [0, 0.1) is 5.92 Å². The maximum absolute atomic E-state index is 3.56. The summed E-state index contributed by atoms with van der Waals surface area (Å²) in [6.07, 6.45) is 2.40. The van der Waals surface area contributed by atoms with Gasteiger partial charge in [-0.15, -0.1) is 0 Å². The van der Waals surface area contributed by atoms with Crippen LogP contribution >= 0.6 is 0 Å². The average Bonchev–Trinajstić information content (AvgIpc) is 2.47. The Morgan fingerprint density at radius 2 is 1.62 bits per heavy atom. The number of hydrogen-bond donors (Lipinski definition) is 1. The van der Waals surface area contributed by atoms with E-state index in [2.05, 4.69) is 76.0 Å². The molecule has 0 aromatic heterocycles. The highest BCUT2D eigenvalue weighted by atomic mass is 15.2. The summed E-state index contributed by atoms with van der Waals surface area (Å²) in [7, 11) is 0. The third-order valence-electron chi connectivity index (χ3n) is 4.17. The molecule has 2 nitrogen and oxygen atoms in total. The fourth-order valence-electron chi connectivity index (χ4n) is 3.10. The van der Waals surface area contributed by atoms with Gasteiger partial charge in [-0.05, 0) is 43.9 Å². The predicted molar refractivity (Wildman–Crippen MR) is 95.1 cm³/mol. The van der Waals surface area contributed by atoms with Gasteiger partial charge >= 0.3 is 0 Å². The molecule has 0 saturated heterocycles. The molecule has 0 aliphatic heterocycles. The van der Waals surface area contributed by atoms with Crippen LogP contribution in [0.5, 0.6) is 0 Å². The van der Waals surface area contributed by atoms with Crippen LogP contribution in [0.4, 0.5) is 5.69 Å². The normalized spacial score (nSPS) is 13.0. The van der Waals surface area contributed by atoms with E-state index >= 15 is 0 Å². The van der Waals surface area contributed by atoms with Crippen LogP contribution in [-0.2, 0) is 0 Å². The number of rotatable bonds is 9. The first-order valence-electron chi connectivity index (χ1n) is 8.63. The van der Waals surface area contributed by atoms with Crippen LogP contribution in [0.3, 0.4) is 0 Å². The van der Waals surface area contributed by atoms with E-state index in [0.29, 0.717) is 18.0 Å². The quantitative estimate of drug-likeness (QED) is 0.688. The van der Waals surface area contributed by atoms with E-state index in [9.17, 15) is 0 Å². The van der Waals surface area contributed by atoms with Gasteiger partial charge < -0.3 is 10.2 Å². The molecule has 1 N–H and O–H groups in total. The van der Waals surface area contributed by atoms with Crippen molar-refractivity contribution >= 4 is 5.69 Å². The molecular weight excluding hydrogens is 256 g/mol. The molecule has 1 atom stereocenters. The number of nitrogens with one attached hydrogen (secondary N) is 1. The minimum atomic E-state index is 0.398. The Bertz CT molecular complexity index is 396. The van der Waals surface area contributed by atoms with E-state index in [-0.39, 0.29) is 0 Å². The molecular formula is C19H34N2. The summed E-state index contributed by atoms with van der Waals surface area (Å²) in [5, 5.41) is 3.56. The predicted octanol–water partition coefficient (Wildman–Crippen LogP) is 5.01. The summed E-state index contributed by atoms with van der Waals surface area (Å²) in [4.78, 5) is 2.63. The van der Waals surface area contributed by atoms with Gasteiger partial charge in [-0.2, -0.15) is 0 Å². The molecule has 21 heavy (non-hydrogen) atoms. The lowest BCUT2D eigenvalue weighted by Crippen LogP contribution is -2.38. The van der Waals surface area contributed by atoms with Gasteiger partial charge in [-0.1, -0.05) is 52.8 Å². The van der Waals surface area contributed by atoms with Crippen molar-refractivity contribution in [3.8, 4) is 0 Å². The van der Waals surface area contributed by atoms with Crippen molar-refractivity contribution in [3.63, 3.8) is 0 Å². The molecule has 1 aromatic rings. The van der Waals surface area contributed by atoms with Crippen molar-refractivity contribution in [1.29, 1.82) is 0 Å². The SMILES string of the molecule is CCNC(C)c1ccccc1N(CC(C)C)C(CC)CC. The zero-order chi connectivity index (χ0) is 15.8. The Kier molecular flexibility index (Phi) is 7.81. The summed E-state index contributed by atoms with van der Waals surface area (Å²) in [5.41, 5.74) is 2.83. The lowest BCUT2D eigenvalue weighted by molar-refractivity contribution is 0.502. The standard InChI is InChI=1S/C19H34N2/c1-7-17(8-2)21(14-15(4)5)19-13-11-10-12-18(19)16(6)20-9-3/h10-13,15-17,20H,7-9,14H2,1-6H3. The fraction of sp³-hybridized carbons (Fsp3) is 0.684. The minimum Gasteiger partial charge on any atom is -0.368 e. The maximum atomic E-state index is 3.56. The molecule has 0 saturated carbocycles. The summed E-state index contributed by atoms with van der Waals surface area (Å²) in [5.74, 6) is 0.674. The zero-order valence-electron chi connectivity index (χ0n) is 14.8. The second kappa shape index (κ2) is 9.09. The van der Waals surface area contributed by atoms with Crippen molar-refractivity contribution in [2.75, 3.05) is 18.0 Å². The number of hydrogen-bond acceptors (Lipinski definition) is 2. The highest BCUT2D eigenvalue weighted by molar-refractivity contribution is 5.55. The molecule has 0 aliphatic rings. The minimum absolute atomic E-state index is 0.398. The molecule has 0 fully saturated rings. The van der Waals surface area contributed by atoms with Gasteiger partial charge in [0.2, 0.25) is 0 Å². The fourth-order valence-corrected chi connectivity index (χ4v) is 3.10. The van der Waals surface area contributed by atoms with Gasteiger partial charge in [0.15, 0.2) is 0 Å². The molecule has 2 heteroatoms. The Morgan fingerprint density at radius 1 is 1.00 bits per heavy atom. The third kappa shape index (κ3) is 5.03. The number of benzene rings is 1. The van der Waals surface area contributed by atoms with E-state index in [1.165, 1.54) is 24.1 Å². The van der Waals surface area contributed by atoms with Crippen molar-refractivity contribution in [3.05, 3.63) is 29.8 Å². The van der Waals surface area contributed by atoms with Crippen molar-refractivity contribution < 1.29 is 0 Å². The average molecular weight is 290 g/mol. The third-order valence-corrected chi connectivity index (χ3v) is 4.17. The van der Waals surface area contributed by atoms with E-state index in [4.69, 9.17) is 0 Å². The molecule has 120 valence electrons. The Labute approximate surface area is 131 Å². The Hall–Kier alpha value is -1.02. The summed E-state index contributed by atoms with van der Waals surface area (Å²) in [6.45, 7) is 15.8. The molecule has 0 spiro atoms. The van der Waals surface area contributed by atoms with Crippen LogP contribution in [0.15, 0.2) is 24.3 Å². The van der Waals surface area contributed by atoms with Crippen LogP contribution in [0.25, 0.3) is 0 Å². The lowest BCUT2D eigenvalue weighted by Gasteiger charge is -2.36. The first kappa shape index (κ1) is 18.0. The van der Waals surface area contributed by atoms with Crippen LogP contribution in [0.2, 0.25) is 0 Å². The van der Waals surface area contributed by atoms with Gasteiger partial charge in [0.05, 0.1) is 0 Å². The van der Waals surface area contributed by atoms with Gasteiger partial charge in [0.25, 0.3) is 0 Å². The molecule has 0 amide bonds. The smallest absolute Gasteiger partial charge is 0.0417 e. The van der Waals surface area contributed by atoms with Gasteiger partial charge in [0, 0.05) is 24.3 Å². The molecule has 0 radical (unpaired) electrons. The van der Waals surface area contributed by atoms with Crippen molar-refractivity contribution in [2.24, 2.45) is 5.92 Å². The summed E-state index contributed by atoms with van der Waals surface area (Å²) in [6, 6.07) is 9.93. The molecule has 1 unspecified atom stereocenters. The molecule has 1 rings (SSSR count). The maximum Gasteiger partial charge on any atom is 0.0417 e. The first-order valence-corrected chi connectivity index (χ1v) is 8.63. The van der Waals surface area contributed by atoms with Gasteiger partial charge in [-0.3, -0.25) is 0 Å². The molecule has 0 aliphatic carbocycles. The van der Waals surface area contributed by atoms with Crippen molar-refractivity contribution in [2.45, 2.75) is 66.5 Å². The molecule has 1 aromatic carbocycles. The topological polar surface area (TPSA) is 15.3 Å². The summed E-state index contributed by atoms with van der Waals surface area (Å²) < 4.78 is 0. The lowest BCUT2D eigenvalue weighted by atomic mass is 10.0. The Morgan fingerprint density at radius 3 is 2.14 bits per heavy atom. The zero-order valence-corrected chi connectivity index (χ0v) is 14.8. The number of para-hydroxylation sites is 1. The van der Waals surface area contributed by atoms with Gasteiger partial charge in [-0.25, -0.2) is 0 Å². The van der Waals surface area contributed by atoms with E-state index in [0.717, 1.165) is 13.1 Å². The van der Waals surface area contributed by atoms with E-state index in [1.54, 1.807) is 0 Å². The largest absolute Gasteiger partial charge is 0.368 e. The van der Waals surface area contributed by atoms with E-state index < -0.39 is 0 Å². The second-order valence-corrected chi connectivity index (χ2v) is 6.35. The highest BCUT2D eigenvalue weighted by Crippen LogP contribution is 2.30. The van der Waals surface area contributed by atoms with Crippen molar-refractivity contribution in [1.82, 2.24) is 5.32 Å². The van der Waals surface area contributed by atoms with E-state index in [1.807, 2.05) is 0 Å².